The highest BCUT2D eigenvalue weighted by Gasteiger charge is 2.35. The molecule has 0 aromatic heterocycles. The van der Waals surface area contributed by atoms with Crippen molar-refractivity contribution in [1.29, 1.82) is 0 Å². The number of carbonyl (C=O) groups is 1. The zero-order valence-electron chi connectivity index (χ0n) is 23.3. The van der Waals surface area contributed by atoms with Crippen molar-refractivity contribution in [3.05, 3.63) is 96.1 Å². The Kier molecular flexibility index (Phi) is 11.7. The maximum absolute atomic E-state index is 13.9. The number of nitrogens with two attached hydrogens (primary N) is 2. The highest BCUT2D eigenvalue weighted by Crippen LogP contribution is 2.28. The van der Waals surface area contributed by atoms with Crippen LogP contribution in [0.25, 0.3) is 0 Å². The van der Waals surface area contributed by atoms with E-state index in [-0.39, 0.29) is 24.0 Å². The summed E-state index contributed by atoms with van der Waals surface area (Å²) in [5, 5.41) is 12.3. The number of benzene rings is 3. The maximum Gasteiger partial charge on any atom is 0.244 e. The van der Waals surface area contributed by atoms with Crippen LogP contribution in [-0.4, -0.2) is 49.1 Å². The second kappa shape index (κ2) is 14.9. The lowest BCUT2D eigenvalue weighted by Gasteiger charge is -2.34. The maximum atomic E-state index is 13.9. The molecule has 0 spiro atoms. The van der Waals surface area contributed by atoms with Crippen LogP contribution in [-0.2, 0) is 14.8 Å². The van der Waals surface area contributed by atoms with Gasteiger partial charge in [0.1, 0.15) is 0 Å². The first-order valence-corrected chi connectivity index (χ1v) is 15.2. The summed E-state index contributed by atoms with van der Waals surface area (Å²) in [5.41, 5.74) is 14.7. The first kappa shape index (κ1) is 31.3. The third-order valence-electron chi connectivity index (χ3n) is 6.80. The van der Waals surface area contributed by atoms with Crippen LogP contribution in [0.2, 0.25) is 0 Å². The molecular formula is C31H42N4O4S. The summed E-state index contributed by atoms with van der Waals surface area (Å²) < 4.78 is 29.2. The summed E-state index contributed by atoms with van der Waals surface area (Å²) >= 11 is 0. The summed E-state index contributed by atoms with van der Waals surface area (Å²) in [6.07, 6.45) is 1.46. The molecule has 8 nitrogen and oxygen atoms in total. The van der Waals surface area contributed by atoms with Gasteiger partial charge in [-0.2, -0.15) is 4.31 Å². The van der Waals surface area contributed by atoms with Gasteiger partial charge in [0.15, 0.2) is 0 Å². The van der Waals surface area contributed by atoms with E-state index in [0.29, 0.717) is 31.4 Å². The summed E-state index contributed by atoms with van der Waals surface area (Å²) in [5.74, 6) is -0.869. The van der Waals surface area contributed by atoms with E-state index in [1.165, 1.54) is 16.4 Å². The van der Waals surface area contributed by atoms with Gasteiger partial charge in [-0.25, -0.2) is 8.42 Å². The number of hydrogen-bond acceptors (Lipinski definition) is 6. The molecule has 0 aliphatic heterocycles. The van der Waals surface area contributed by atoms with E-state index in [0.717, 1.165) is 11.1 Å². The number of aliphatic hydroxyl groups excluding tert-OH is 1. The average molecular weight is 567 g/mol. The molecule has 1 unspecified atom stereocenters. The summed E-state index contributed by atoms with van der Waals surface area (Å²) in [6, 6.07) is 24.3. The van der Waals surface area contributed by atoms with Crippen molar-refractivity contribution in [1.82, 2.24) is 9.62 Å². The van der Waals surface area contributed by atoms with Crippen LogP contribution in [0.4, 0.5) is 5.69 Å². The van der Waals surface area contributed by atoms with Gasteiger partial charge in [0, 0.05) is 24.8 Å². The lowest BCUT2D eigenvalue weighted by molar-refractivity contribution is -0.124. The number of unbranched alkanes of at least 4 members (excludes halogenated alkanes) is 2. The Hall–Kier alpha value is -3.24. The normalized spacial score (nSPS) is 13.5. The third-order valence-corrected chi connectivity index (χ3v) is 8.69. The Bertz CT molecular complexity index is 1250. The summed E-state index contributed by atoms with van der Waals surface area (Å²) in [4.78, 5) is 13.9. The van der Waals surface area contributed by atoms with E-state index in [2.05, 4.69) is 5.32 Å². The van der Waals surface area contributed by atoms with Crippen LogP contribution in [0.1, 0.15) is 56.6 Å². The number of nitrogens with one attached hydrogen (secondary N) is 1. The number of hydrogen-bond donors (Lipinski definition) is 4. The molecule has 0 radical (unpaired) electrons. The van der Waals surface area contributed by atoms with E-state index in [4.69, 9.17) is 11.5 Å². The Morgan fingerprint density at radius 1 is 0.875 bits per heavy atom. The topological polar surface area (TPSA) is 139 Å². The van der Waals surface area contributed by atoms with Crippen LogP contribution < -0.4 is 16.8 Å². The molecule has 1 amide bonds. The van der Waals surface area contributed by atoms with Gasteiger partial charge in [0.2, 0.25) is 15.9 Å². The molecule has 0 aliphatic rings. The van der Waals surface area contributed by atoms with Gasteiger partial charge >= 0.3 is 0 Å². The smallest absolute Gasteiger partial charge is 0.244 e. The number of sulfonamides is 1. The fourth-order valence-electron chi connectivity index (χ4n) is 4.78. The number of rotatable bonds is 15. The number of amides is 1. The van der Waals surface area contributed by atoms with Crippen LogP contribution in [0.3, 0.4) is 0 Å². The second-order valence-corrected chi connectivity index (χ2v) is 12.4. The molecule has 9 heteroatoms. The minimum Gasteiger partial charge on any atom is -0.399 e. The van der Waals surface area contributed by atoms with Crippen LogP contribution in [0.15, 0.2) is 89.8 Å². The number of aliphatic hydroxyl groups is 1. The molecule has 0 aliphatic carbocycles. The van der Waals surface area contributed by atoms with Crippen molar-refractivity contribution in [2.45, 2.75) is 62.6 Å². The average Bonchev–Trinajstić information content (AvgIpc) is 2.94. The van der Waals surface area contributed by atoms with Crippen molar-refractivity contribution in [3.63, 3.8) is 0 Å². The van der Waals surface area contributed by atoms with Gasteiger partial charge in [0.05, 0.1) is 17.1 Å². The summed E-state index contributed by atoms with van der Waals surface area (Å²) in [7, 11) is -3.98. The highest BCUT2D eigenvalue weighted by atomic mass is 32.2. The molecule has 6 N–H and O–H groups in total. The largest absolute Gasteiger partial charge is 0.399 e. The fourth-order valence-corrected chi connectivity index (χ4v) is 6.52. The number of nitrogen functional groups attached to an aromatic ring is 1. The molecule has 0 heterocycles. The van der Waals surface area contributed by atoms with E-state index in [1.54, 1.807) is 12.1 Å². The standard InChI is InChI=1S/C31H42N4O4S/c1-23(2)22-35(40(38,39)27-19-17-26(32)18-20-27)28(16-10-5-11-21-36)34-31(37)30(33)29(24-12-6-3-7-13-24)25-14-8-4-9-15-25/h3-4,6-9,12-15,17-20,23,28-30,36H,5,10-11,16,21-22,32-33H2,1-2H3,(H,34,37)/t28?,30-/m0/s1. The van der Waals surface area contributed by atoms with Crippen molar-refractivity contribution >= 4 is 21.6 Å². The molecule has 3 aromatic rings. The molecule has 0 saturated carbocycles. The van der Waals surface area contributed by atoms with Gasteiger partial charge in [-0.1, -0.05) is 80.9 Å². The molecular weight excluding hydrogens is 524 g/mol. The van der Waals surface area contributed by atoms with Gasteiger partial charge in [-0.15, -0.1) is 0 Å². The minimum absolute atomic E-state index is 0.00420. The zero-order chi connectivity index (χ0) is 29.1. The Morgan fingerprint density at radius 2 is 1.43 bits per heavy atom. The molecule has 0 fully saturated rings. The van der Waals surface area contributed by atoms with E-state index in [9.17, 15) is 18.3 Å². The van der Waals surface area contributed by atoms with Crippen LogP contribution in [0, 0.1) is 5.92 Å². The van der Waals surface area contributed by atoms with Gasteiger partial charge < -0.3 is 21.9 Å². The summed E-state index contributed by atoms with van der Waals surface area (Å²) in [6.45, 7) is 4.12. The molecule has 3 rings (SSSR count). The number of nitrogens with zero attached hydrogens (tertiary/aromatic N) is 1. The monoisotopic (exact) mass is 566 g/mol. The fraction of sp³-hybridized carbons (Fsp3) is 0.387. The van der Waals surface area contributed by atoms with Crippen molar-refractivity contribution in [3.8, 4) is 0 Å². The van der Waals surface area contributed by atoms with E-state index >= 15 is 0 Å². The number of carbonyl (C=O) groups excluding carboxylic acids is 1. The third kappa shape index (κ3) is 8.38. The predicted octanol–water partition coefficient (Wildman–Crippen LogP) is 4.07. The molecule has 0 bridgehead atoms. The molecule has 0 saturated heterocycles. The number of anilines is 1. The first-order chi connectivity index (χ1) is 19.1. The zero-order valence-corrected chi connectivity index (χ0v) is 24.1. The Labute approximate surface area is 238 Å². The molecule has 3 aromatic carbocycles. The van der Waals surface area contributed by atoms with Crippen molar-refractivity contribution in [2.24, 2.45) is 11.7 Å². The van der Waals surface area contributed by atoms with Crippen molar-refractivity contribution in [2.75, 3.05) is 18.9 Å². The SMILES string of the molecule is CC(C)CN(C(CCCCCO)NC(=O)[C@@H](N)C(c1ccccc1)c1ccccc1)S(=O)(=O)c1ccc(N)cc1. The second-order valence-electron chi connectivity index (χ2n) is 10.5. The van der Waals surface area contributed by atoms with Gasteiger partial charge in [-0.05, 0) is 60.6 Å². The van der Waals surface area contributed by atoms with Crippen molar-refractivity contribution < 1.29 is 18.3 Å². The minimum atomic E-state index is -3.98. The molecule has 216 valence electrons. The Balaban J connectivity index is 1.97. The van der Waals surface area contributed by atoms with Crippen LogP contribution in [0.5, 0.6) is 0 Å². The quantitative estimate of drug-likeness (QED) is 0.124. The first-order valence-electron chi connectivity index (χ1n) is 13.8. The lowest BCUT2D eigenvalue weighted by Crippen LogP contribution is -2.56. The Morgan fingerprint density at radius 3 is 1.93 bits per heavy atom. The van der Waals surface area contributed by atoms with Crippen LogP contribution >= 0.6 is 0 Å². The van der Waals surface area contributed by atoms with E-state index < -0.39 is 34.1 Å². The molecule has 2 atom stereocenters. The van der Waals surface area contributed by atoms with Gasteiger partial charge in [0.25, 0.3) is 0 Å². The highest BCUT2D eigenvalue weighted by molar-refractivity contribution is 7.89. The van der Waals surface area contributed by atoms with E-state index in [1.807, 2.05) is 74.5 Å². The molecule has 40 heavy (non-hydrogen) atoms. The predicted molar refractivity (Wildman–Crippen MR) is 160 cm³/mol. The van der Waals surface area contributed by atoms with Gasteiger partial charge in [-0.3, -0.25) is 4.79 Å². The lowest BCUT2D eigenvalue weighted by atomic mass is 9.85.